The molecule has 0 aliphatic rings. The third-order valence-corrected chi connectivity index (χ3v) is 4.19. The fourth-order valence-corrected chi connectivity index (χ4v) is 3.44. The Kier molecular flexibility index (Phi) is 2.29. The molecule has 0 saturated heterocycles. The quantitative estimate of drug-likeness (QED) is 0.821. The molecule has 2 aromatic rings. The second-order valence-electron chi connectivity index (χ2n) is 2.61. The Morgan fingerprint density at radius 1 is 1.43 bits per heavy atom. The van der Waals surface area contributed by atoms with Crippen LogP contribution in [0.15, 0.2) is 27.8 Å². The molecule has 0 bridgehead atoms. The minimum Gasteiger partial charge on any atom is -0.345 e. The highest BCUT2D eigenvalue weighted by Crippen LogP contribution is 2.30. The zero-order valence-electron chi connectivity index (χ0n) is 6.66. The Balaban J connectivity index is 2.88. The third kappa shape index (κ3) is 1.53. The van der Waals surface area contributed by atoms with Crippen LogP contribution in [0, 0.1) is 0 Å². The number of fused-ring (bicyclic) bond motifs is 1. The average molecular weight is 296 g/mol. The highest BCUT2D eigenvalue weighted by Gasteiger charge is 2.17. The van der Waals surface area contributed by atoms with E-state index in [1.165, 1.54) is 12.4 Å². The molecular formula is C7H4BrClN2O2S. The molecule has 0 amide bonds. The summed E-state index contributed by atoms with van der Waals surface area (Å²) >= 11 is 3.15. The van der Waals surface area contributed by atoms with Crippen molar-refractivity contribution in [3.8, 4) is 0 Å². The Bertz CT molecular complexity index is 593. The molecular weight excluding hydrogens is 292 g/mol. The molecule has 0 radical (unpaired) electrons. The second kappa shape index (κ2) is 3.22. The fourth-order valence-electron chi connectivity index (χ4n) is 1.14. The molecule has 1 N–H and O–H groups in total. The Labute approximate surface area is 92.8 Å². The first kappa shape index (κ1) is 9.95. The van der Waals surface area contributed by atoms with Crippen molar-refractivity contribution in [3.63, 3.8) is 0 Å². The molecule has 1 aromatic carbocycles. The van der Waals surface area contributed by atoms with Crippen LogP contribution in [0.2, 0.25) is 0 Å². The van der Waals surface area contributed by atoms with Gasteiger partial charge >= 0.3 is 0 Å². The smallest absolute Gasteiger partial charge is 0.262 e. The molecule has 0 spiro atoms. The number of halogens is 2. The molecule has 1 aromatic heterocycles. The van der Waals surface area contributed by atoms with Gasteiger partial charge in [-0.05, 0) is 28.1 Å². The standard InChI is InChI=1S/C7H4BrClN2O2S/c8-6-5(14(9,12)13)2-1-4-7(6)11-3-10-4/h1-3H,(H,10,11). The molecule has 7 heteroatoms. The summed E-state index contributed by atoms with van der Waals surface area (Å²) in [5, 5.41) is 0. The number of H-pyrrole nitrogens is 1. The van der Waals surface area contributed by atoms with Crippen LogP contribution in [0.5, 0.6) is 0 Å². The van der Waals surface area contributed by atoms with Crippen molar-refractivity contribution in [2.45, 2.75) is 4.90 Å². The van der Waals surface area contributed by atoms with Gasteiger partial charge in [-0.25, -0.2) is 13.4 Å². The SMILES string of the molecule is O=S(=O)(Cl)c1ccc2[nH]cnc2c1Br. The third-order valence-electron chi connectivity index (χ3n) is 1.76. The molecule has 0 aliphatic heterocycles. The van der Waals surface area contributed by atoms with Crippen molar-refractivity contribution in [2.75, 3.05) is 0 Å². The van der Waals surface area contributed by atoms with E-state index in [1.807, 2.05) is 0 Å². The van der Waals surface area contributed by atoms with Crippen LogP contribution in [0.3, 0.4) is 0 Å². The predicted molar refractivity (Wildman–Crippen MR) is 56.8 cm³/mol. The van der Waals surface area contributed by atoms with E-state index >= 15 is 0 Å². The molecule has 0 fully saturated rings. The summed E-state index contributed by atoms with van der Waals surface area (Å²) in [5.74, 6) is 0. The lowest BCUT2D eigenvalue weighted by atomic mass is 10.3. The van der Waals surface area contributed by atoms with E-state index in [1.54, 1.807) is 6.07 Å². The first-order chi connectivity index (χ1) is 6.50. The van der Waals surface area contributed by atoms with E-state index in [4.69, 9.17) is 10.7 Å². The van der Waals surface area contributed by atoms with Crippen molar-refractivity contribution in [1.29, 1.82) is 0 Å². The highest BCUT2D eigenvalue weighted by atomic mass is 79.9. The topological polar surface area (TPSA) is 62.8 Å². The molecule has 1 heterocycles. The first-order valence-electron chi connectivity index (χ1n) is 3.56. The lowest BCUT2D eigenvalue weighted by molar-refractivity contribution is 0.609. The van der Waals surface area contributed by atoms with Crippen LogP contribution in [-0.4, -0.2) is 18.4 Å². The number of hydrogen-bond donors (Lipinski definition) is 1. The van der Waals surface area contributed by atoms with Crippen molar-refractivity contribution in [3.05, 3.63) is 22.9 Å². The first-order valence-corrected chi connectivity index (χ1v) is 6.66. The maximum atomic E-state index is 11.1. The maximum Gasteiger partial charge on any atom is 0.262 e. The van der Waals surface area contributed by atoms with E-state index in [-0.39, 0.29) is 4.90 Å². The largest absolute Gasteiger partial charge is 0.345 e. The van der Waals surface area contributed by atoms with Crippen LogP contribution >= 0.6 is 26.6 Å². The van der Waals surface area contributed by atoms with E-state index in [0.29, 0.717) is 9.99 Å². The minimum absolute atomic E-state index is 0.0266. The fraction of sp³-hybridized carbons (Fsp3) is 0. The van der Waals surface area contributed by atoms with Crippen molar-refractivity contribution < 1.29 is 8.42 Å². The number of nitrogens with zero attached hydrogens (tertiary/aromatic N) is 1. The number of aromatic amines is 1. The van der Waals surface area contributed by atoms with Gasteiger partial charge in [0.15, 0.2) is 0 Å². The maximum absolute atomic E-state index is 11.1. The Morgan fingerprint density at radius 3 is 2.79 bits per heavy atom. The monoisotopic (exact) mass is 294 g/mol. The Morgan fingerprint density at radius 2 is 2.14 bits per heavy atom. The summed E-state index contributed by atoms with van der Waals surface area (Å²) in [4.78, 5) is 6.85. The highest BCUT2D eigenvalue weighted by molar-refractivity contribution is 9.10. The summed E-state index contributed by atoms with van der Waals surface area (Å²) in [6.07, 6.45) is 1.49. The molecule has 74 valence electrons. The van der Waals surface area contributed by atoms with Crippen LogP contribution in [-0.2, 0) is 9.05 Å². The second-order valence-corrected chi connectivity index (χ2v) is 5.94. The van der Waals surface area contributed by atoms with Gasteiger partial charge in [-0.2, -0.15) is 0 Å². The minimum atomic E-state index is -3.73. The van der Waals surface area contributed by atoms with E-state index in [0.717, 1.165) is 5.52 Å². The number of hydrogen-bond acceptors (Lipinski definition) is 3. The van der Waals surface area contributed by atoms with Gasteiger partial charge in [-0.15, -0.1) is 0 Å². The van der Waals surface area contributed by atoms with Crippen molar-refractivity contribution >= 4 is 46.7 Å². The van der Waals surface area contributed by atoms with E-state index in [9.17, 15) is 8.42 Å². The van der Waals surface area contributed by atoms with Gasteiger partial charge in [0.05, 0.1) is 21.2 Å². The molecule has 0 aliphatic carbocycles. The molecule has 0 unspecified atom stereocenters. The van der Waals surface area contributed by atoms with Gasteiger partial charge in [0.2, 0.25) is 0 Å². The van der Waals surface area contributed by atoms with Crippen LogP contribution in [0.4, 0.5) is 0 Å². The number of benzene rings is 1. The molecule has 0 atom stereocenters. The zero-order chi connectivity index (χ0) is 10.3. The van der Waals surface area contributed by atoms with Gasteiger partial charge in [-0.1, -0.05) is 0 Å². The average Bonchev–Trinajstić information content (AvgIpc) is 2.50. The van der Waals surface area contributed by atoms with Gasteiger partial charge in [0, 0.05) is 10.7 Å². The van der Waals surface area contributed by atoms with Gasteiger partial charge in [-0.3, -0.25) is 0 Å². The van der Waals surface area contributed by atoms with Gasteiger partial charge in [0.25, 0.3) is 9.05 Å². The summed E-state index contributed by atoms with van der Waals surface area (Å²) in [6.45, 7) is 0. The molecule has 4 nitrogen and oxygen atoms in total. The molecule has 2 rings (SSSR count). The van der Waals surface area contributed by atoms with Crippen molar-refractivity contribution in [1.82, 2.24) is 9.97 Å². The molecule has 0 saturated carbocycles. The van der Waals surface area contributed by atoms with Gasteiger partial charge < -0.3 is 4.98 Å². The zero-order valence-corrected chi connectivity index (χ0v) is 9.82. The summed E-state index contributed by atoms with van der Waals surface area (Å²) in [5.41, 5.74) is 1.30. The number of aromatic nitrogens is 2. The summed E-state index contributed by atoms with van der Waals surface area (Å²) in [6, 6.07) is 3.04. The number of imidazole rings is 1. The number of rotatable bonds is 1. The van der Waals surface area contributed by atoms with Gasteiger partial charge in [0.1, 0.15) is 5.52 Å². The van der Waals surface area contributed by atoms with Crippen molar-refractivity contribution in [2.24, 2.45) is 0 Å². The molecule has 14 heavy (non-hydrogen) atoms. The van der Waals surface area contributed by atoms with Crippen LogP contribution < -0.4 is 0 Å². The predicted octanol–water partition coefficient (Wildman–Crippen LogP) is 2.25. The summed E-state index contributed by atoms with van der Waals surface area (Å²) in [7, 11) is 1.50. The normalized spacial score (nSPS) is 12.1. The van der Waals surface area contributed by atoms with E-state index < -0.39 is 9.05 Å². The lowest BCUT2D eigenvalue weighted by Crippen LogP contribution is -1.92. The summed E-state index contributed by atoms with van der Waals surface area (Å²) < 4.78 is 22.6. The number of nitrogens with one attached hydrogen (secondary N) is 1. The van der Waals surface area contributed by atoms with Crippen LogP contribution in [0.25, 0.3) is 11.0 Å². The lowest BCUT2D eigenvalue weighted by Gasteiger charge is -1.99. The van der Waals surface area contributed by atoms with E-state index in [2.05, 4.69) is 25.9 Å². The van der Waals surface area contributed by atoms with Crippen LogP contribution in [0.1, 0.15) is 0 Å². The Hall–Kier alpha value is -0.590.